The van der Waals surface area contributed by atoms with Crippen LogP contribution in [0.1, 0.15) is 46.6 Å². The normalized spacial score (nSPS) is 15.0. The van der Waals surface area contributed by atoms with Crippen molar-refractivity contribution in [3.8, 4) is 0 Å². The highest BCUT2D eigenvalue weighted by Gasteiger charge is 2.22. The van der Waals surface area contributed by atoms with E-state index in [1.807, 2.05) is 6.07 Å². The lowest BCUT2D eigenvalue weighted by molar-refractivity contribution is 0.0941. The van der Waals surface area contributed by atoms with Gasteiger partial charge in [0.15, 0.2) is 0 Å². The van der Waals surface area contributed by atoms with Crippen molar-refractivity contribution in [2.45, 2.75) is 45.2 Å². The van der Waals surface area contributed by atoms with Crippen LogP contribution in [0.25, 0.3) is 0 Å². The predicted octanol–water partition coefficient (Wildman–Crippen LogP) is 4.25. The molecule has 1 aliphatic carbocycles. The van der Waals surface area contributed by atoms with Gasteiger partial charge in [0.05, 0.1) is 16.6 Å². The summed E-state index contributed by atoms with van der Waals surface area (Å²) in [5.74, 6) is -0.144. The molecule has 1 amide bonds. The van der Waals surface area contributed by atoms with Crippen LogP contribution in [-0.4, -0.2) is 16.5 Å². The number of hydrogen-bond donors (Lipinski definition) is 1. The van der Waals surface area contributed by atoms with Crippen molar-refractivity contribution >= 4 is 40.4 Å². The largest absolute Gasteiger partial charge is 0.349 e. The fourth-order valence-corrected chi connectivity index (χ4v) is 4.23. The minimum absolute atomic E-state index is 0.143. The zero-order valence-corrected chi connectivity index (χ0v) is 15.6. The third-order valence-corrected chi connectivity index (χ3v) is 6.18. The van der Waals surface area contributed by atoms with Crippen molar-refractivity contribution in [1.29, 1.82) is 0 Å². The number of nitrogens with zero attached hydrogens (tertiary/aromatic N) is 1. The SMILES string of the molecule is Cc1c(C(=O)NC2CCCC2)sc(=O)n1Cc1ccc(Cl)c(Cl)c1. The molecule has 4 nitrogen and oxygen atoms in total. The summed E-state index contributed by atoms with van der Waals surface area (Å²) >= 11 is 12.9. The second-order valence-corrected chi connectivity index (χ2v) is 7.85. The number of rotatable bonds is 4. The van der Waals surface area contributed by atoms with Gasteiger partial charge in [-0.25, -0.2) is 0 Å². The van der Waals surface area contributed by atoms with E-state index in [0.29, 0.717) is 27.2 Å². The predicted molar refractivity (Wildman–Crippen MR) is 98.6 cm³/mol. The standard InChI is InChI=1S/C17H18Cl2N2O2S/c1-10-15(16(22)20-12-4-2-3-5-12)24-17(23)21(10)9-11-6-7-13(18)14(19)8-11/h6-8,12H,2-5,9H2,1H3,(H,20,22). The summed E-state index contributed by atoms with van der Waals surface area (Å²) in [7, 11) is 0. The Morgan fingerprint density at radius 2 is 2.00 bits per heavy atom. The Hall–Kier alpha value is -1.30. The molecule has 24 heavy (non-hydrogen) atoms. The molecule has 1 aromatic carbocycles. The van der Waals surface area contributed by atoms with Crippen molar-refractivity contribution in [3.05, 3.63) is 54.0 Å². The van der Waals surface area contributed by atoms with Crippen LogP contribution < -0.4 is 10.2 Å². The van der Waals surface area contributed by atoms with Gasteiger partial charge in [0, 0.05) is 11.7 Å². The lowest BCUT2D eigenvalue weighted by Crippen LogP contribution is -2.32. The minimum atomic E-state index is -0.144. The molecule has 1 fully saturated rings. The van der Waals surface area contributed by atoms with E-state index >= 15 is 0 Å². The quantitative estimate of drug-likeness (QED) is 0.856. The molecular weight excluding hydrogens is 367 g/mol. The molecule has 1 aromatic heterocycles. The van der Waals surface area contributed by atoms with E-state index in [2.05, 4.69) is 5.32 Å². The molecule has 1 heterocycles. The highest BCUT2D eigenvalue weighted by molar-refractivity contribution is 7.11. The molecule has 128 valence electrons. The number of aromatic nitrogens is 1. The van der Waals surface area contributed by atoms with Crippen LogP contribution in [0.3, 0.4) is 0 Å². The first-order chi connectivity index (χ1) is 11.5. The monoisotopic (exact) mass is 384 g/mol. The molecule has 2 aromatic rings. The molecule has 0 spiro atoms. The van der Waals surface area contributed by atoms with Crippen LogP contribution in [0.15, 0.2) is 23.0 Å². The van der Waals surface area contributed by atoms with Crippen LogP contribution >= 0.6 is 34.5 Å². The zero-order valence-electron chi connectivity index (χ0n) is 13.3. The van der Waals surface area contributed by atoms with Crippen molar-refractivity contribution in [3.63, 3.8) is 0 Å². The van der Waals surface area contributed by atoms with Crippen molar-refractivity contribution in [2.24, 2.45) is 0 Å². The number of nitrogens with one attached hydrogen (secondary N) is 1. The average Bonchev–Trinajstić information content (AvgIpc) is 3.14. The lowest BCUT2D eigenvalue weighted by Gasteiger charge is -2.11. The molecule has 0 atom stereocenters. The van der Waals surface area contributed by atoms with Crippen molar-refractivity contribution < 1.29 is 4.79 Å². The van der Waals surface area contributed by atoms with Crippen molar-refractivity contribution in [1.82, 2.24) is 9.88 Å². The van der Waals surface area contributed by atoms with E-state index in [9.17, 15) is 9.59 Å². The van der Waals surface area contributed by atoms with Crippen LogP contribution in [0.5, 0.6) is 0 Å². The number of carbonyl (C=O) groups is 1. The molecule has 0 radical (unpaired) electrons. The number of carbonyl (C=O) groups excluding carboxylic acids is 1. The van der Waals surface area contributed by atoms with Gasteiger partial charge in [0.1, 0.15) is 4.88 Å². The first kappa shape index (κ1) is 17.5. The van der Waals surface area contributed by atoms with Crippen LogP contribution in [0.2, 0.25) is 10.0 Å². The lowest BCUT2D eigenvalue weighted by atomic mass is 10.2. The van der Waals surface area contributed by atoms with E-state index in [0.717, 1.165) is 42.6 Å². The van der Waals surface area contributed by atoms with Crippen molar-refractivity contribution in [2.75, 3.05) is 0 Å². The molecule has 0 saturated heterocycles. The van der Waals surface area contributed by atoms with Gasteiger partial charge in [-0.05, 0) is 37.5 Å². The second-order valence-electron chi connectivity index (χ2n) is 6.07. The number of amides is 1. The van der Waals surface area contributed by atoms with Gasteiger partial charge in [-0.3, -0.25) is 14.2 Å². The van der Waals surface area contributed by atoms with Gasteiger partial charge in [-0.1, -0.05) is 53.4 Å². The molecule has 3 rings (SSSR count). The topological polar surface area (TPSA) is 51.1 Å². The minimum Gasteiger partial charge on any atom is -0.349 e. The fourth-order valence-electron chi connectivity index (χ4n) is 3.01. The maximum atomic E-state index is 12.4. The molecular formula is C17H18Cl2N2O2S. The Labute approximate surface area is 154 Å². The van der Waals surface area contributed by atoms with E-state index in [-0.39, 0.29) is 16.8 Å². The number of hydrogen-bond acceptors (Lipinski definition) is 3. The Bertz CT molecular complexity index is 822. The van der Waals surface area contributed by atoms with Gasteiger partial charge in [0.2, 0.25) is 0 Å². The summed E-state index contributed by atoms with van der Waals surface area (Å²) in [6.45, 7) is 2.17. The van der Waals surface area contributed by atoms with E-state index in [1.165, 1.54) is 0 Å². The number of benzene rings is 1. The molecule has 1 N–H and O–H groups in total. The average molecular weight is 385 g/mol. The smallest absolute Gasteiger partial charge is 0.308 e. The van der Waals surface area contributed by atoms with Crippen LogP contribution in [0, 0.1) is 6.92 Å². The summed E-state index contributed by atoms with van der Waals surface area (Å²) in [6, 6.07) is 5.51. The molecule has 0 aliphatic heterocycles. The first-order valence-corrected chi connectivity index (χ1v) is 9.48. The number of halogens is 2. The highest BCUT2D eigenvalue weighted by atomic mass is 35.5. The molecule has 1 aliphatic rings. The first-order valence-electron chi connectivity index (χ1n) is 7.90. The van der Waals surface area contributed by atoms with Gasteiger partial charge < -0.3 is 5.32 Å². The summed E-state index contributed by atoms with van der Waals surface area (Å²) < 4.78 is 1.60. The summed E-state index contributed by atoms with van der Waals surface area (Å²) in [4.78, 5) is 25.1. The van der Waals surface area contributed by atoms with E-state index in [4.69, 9.17) is 23.2 Å². The molecule has 0 bridgehead atoms. The third kappa shape index (κ3) is 3.68. The highest BCUT2D eigenvalue weighted by Crippen LogP contribution is 2.24. The molecule has 7 heteroatoms. The van der Waals surface area contributed by atoms with Crippen LogP contribution in [-0.2, 0) is 6.54 Å². The number of thiazole rings is 1. The maximum absolute atomic E-state index is 12.4. The zero-order chi connectivity index (χ0) is 17.3. The van der Waals surface area contributed by atoms with Gasteiger partial charge in [-0.15, -0.1) is 0 Å². The summed E-state index contributed by atoms with van der Waals surface area (Å²) in [6.07, 6.45) is 4.34. The maximum Gasteiger partial charge on any atom is 0.308 e. The van der Waals surface area contributed by atoms with Gasteiger partial charge >= 0.3 is 4.87 Å². The Morgan fingerprint density at radius 3 is 2.67 bits per heavy atom. The Balaban J connectivity index is 1.81. The Morgan fingerprint density at radius 1 is 1.29 bits per heavy atom. The van der Waals surface area contributed by atoms with E-state index < -0.39 is 0 Å². The van der Waals surface area contributed by atoms with Crippen LogP contribution in [0.4, 0.5) is 0 Å². The van der Waals surface area contributed by atoms with Gasteiger partial charge in [-0.2, -0.15) is 0 Å². The molecule has 1 saturated carbocycles. The molecule has 0 unspecified atom stereocenters. The second kappa shape index (κ2) is 7.30. The third-order valence-electron chi connectivity index (χ3n) is 4.36. The summed E-state index contributed by atoms with van der Waals surface area (Å²) in [5, 5.41) is 3.97. The van der Waals surface area contributed by atoms with Gasteiger partial charge in [0.25, 0.3) is 5.91 Å². The Kier molecular flexibility index (Phi) is 5.33. The van der Waals surface area contributed by atoms with E-state index in [1.54, 1.807) is 23.6 Å². The summed E-state index contributed by atoms with van der Waals surface area (Å²) in [5.41, 5.74) is 1.56. The fraction of sp³-hybridized carbons (Fsp3) is 0.412.